The lowest BCUT2D eigenvalue weighted by atomic mass is 10.1. The molecule has 1 aliphatic heterocycles. The van der Waals surface area contributed by atoms with Gasteiger partial charge in [-0.05, 0) is 37.1 Å². The first kappa shape index (κ1) is 20.2. The maximum Gasteiger partial charge on any atom is 0.274 e. The van der Waals surface area contributed by atoms with E-state index in [9.17, 15) is 18.4 Å². The summed E-state index contributed by atoms with van der Waals surface area (Å²) in [6.45, 7) is -0.365. The minimum Gasteiger partial charge on any atom is -0.327 e. The highest BCUT2D eigenvalue weighted by molar-refractivity contribution is 5.94. The summed E-state index contributed by atoms with van der Waals surface area (Å²) < 4.78 is 27.7. The number of aromatic nitrogens is 4. The van der Waals surface area contributed by atoms with Crippen LogP contribution in [0.15, 0.2) is 59.5 Å². The summed E-state index contributed by atoms with van der Waals surface area (Å²) in [6.07, 6.45) is -0.137. The Morgan fingerprint density at radius 2 is 1.75 bits per heavy atom. The van der Waals surface area contributed by atoms with E-state index in [2.05, 4.69) is 15.0 Å². The molecular formula is C23H19F2N5O2. The van der Waals surface area contributed by atoms with Gasteiger partial charge in [0.25, 0.3) is 17.9 Å². The molecule has 5 rings (SSSR count). The van der Waals surface area contributed by atoms with Crippen molar-refractivity contribution in [3.8, 4) is 0 Å². The van der Waals surface area contributed by atoms with E-state index in [1.54, 1.807) is 41.3 Å². The first-order chi connectivity index (χ1) is 15.5. The molecule has 1 amide bonds. The van der Waals surface area contributed by atoms with Gasteiger partial charge in [-0.2, -0.15) is 0 Å². The summed E-state index contributed by atoms with van der Waals surface area (Å²) in [5.41, 5.74) is 1.31. The number of alkyl halides is 2. The molecule has 4 aromatic rings. The molecule has 7 nitrogen and oxygen atoms in total. The second-order valence-electron chi connectivity index (χ2n) is 7.69. The van der Waals surface area contributed by atoms with E-state index < -0.39 is 24.6 Å². The van der Waals surface area contributed by atoms with E-state index in [1.807, 2.05) is 12.1 Å². The number of hydrogen-bond donors (Lipinski definition) is 0. The van der Waals surface area contributed by atoms with Gasteiger partial charge >= 0.3 is 0 Å². The minimum absolute atomic E-state index is 0.166. The van der Waals surface area contributed by atoms with Gasteiger partial charge in [0.05, 0.1) is 40.7 Å². The van der Waals surface area contributed by atoms with Crippen LogP contribution in [-0.2, 0) is 6.54 Å². The van der Waals surface area contributed by atoms with Crippen LogP contribution < -0.4 is 5.56 Å². The van der Waals surface area contributed by atoms with E-state index in [-0.39, 0.29) is 22.8 Å². The number of rotatable bonds is 4. The van der Waals surface area contributed by atoms with E-state index in [0.717, 1.165) is 4.57 Å². The van der Waals surface area contributed by atoms with Crippen molar-refractivity contribution in [2.45, 2.75) is 31.9 Å². The number of hydrogen-bond acceptors (Lipinski definition) is 5. The molecule has 32 heavy (non-hydrogen) atoms. The third-order valence-corrected chi connectivity index (χ3v) is 5.69. The Bertz CT molecular complexity index is 1390. The standard InChI is InChI=1S/C23H19F2N5O2/c24-20(25)13-30-21(28-15-7-2-1-6-14(15)22(30)31)19-10-5-11-29(19)23(32)18-12-26-16-8-3-4-9-17(16)27-18/h1-4,6-9,12,19-20H,5,10-11,13H2. The van der Waals surface area contributed by atoms with Gasteiger partial charge in [0.1, 0.15) is 11.5 Å². The predicted molar refractivity (Wildman–Crippen MR) is 115 cm³/mol. The molecule has 2 aromatic carbocycles. The Balaban J connectivity index is 1.59. The van der Waals surface area contributed by atoms with Crippen LogP contribution in [0.25, 0.3) is 21.9 Å². The van der Waals surface area contributed by atoms with Gasteiger partial charge in [0.2, 0.25) is 0 Å². The number of para-hydroxylation sites is 3. The van der Waals surface area contributed by atoms with Gasteiger partial charge in [0.15, 0.2) is 0 Å². The summed E-state index contributed by atoms with van der Waals surface area (Å²) >= 11 is 0. The average molecular weight is 435 g/mol. The van der Waals surface area contributed by atoms with Crippen molar-refractivity contribution in [1.82, 2.24) is 24.4 Å². The molecule has 1 aliphatic rings. The Labute approximate surface area is 181 Å². The smallest absolute Gasteiger partial charge is 0.274 e. The molecular weight excluding hydrogens is 416 g/mol. The average Bonchev–Trinajstić information content (AvgIpc) is 3.29. The maximum absolute atomic E-state index is 13.4. The summed E-state index contributed by atoms with van der Waals surface area (Å²) in [5, 5.41) is 0.271. The lowest BCUT2D eigenvalue weighted by molar-refractivity contribution is 0.0714. The first-order valence-electron chi connectivity index (χ1n) is 10.3. The number of fused-ring (bicyclic) bond motifs is 2. The normalized spacial score (nSPS) is 16.3. The minimum atomic E-state index is -2.73. The third kappa shape index (κ3) is 3.49. The summed E-state index contributed by atoms with van der Waals surface area (Å²) in [5.74, 6) is -0.189. The molecule has 0 spiro atoms. The van der Waals surface area contributed by atoms with Crippen molar-refractivity contribution in [1.29, 1.82) is 0 Å². The SMILES string of the molecule is O=C(c1cnc2ccccc2n1)N1CCCC1c1nc2ccccc2c(=O)n1CC(F)F. The lowest BCUT2D eigenvalue weighted by Crippen LogP contribution is -2.36. The molecule has 9 heteroatoms. The fourth-order valence-corrected chi connectivity index (χ4v) is 4.24. The number of carbonyl (C=O) groups excluding carboxylic acids is 1. The van der Waals surface area contributed by atoms with E-state index >= 15 is 0 Å². The van der Waals surface area contributed by atoms with Crippen LogP contribution in [0.5, 0.6) is 0 Å². The second-order valence-corrected chi connectivity index (χ2v) is 7.69. The monoisotopic (exact) mass is 435 g/mol. The third-order valence-electron chi connectivity index (χ3n) is 5.69. The van der Waals surface area contributed by atoms with Crippen LogP contribution in [0.3, 0.4) is 0 Å². The van der Waals surface area contributed by atoms with Gasteiger partial charge in [-0.15, -0.1) is 0 Å². The Hall–Kier alpha value is -3.75. The Morgan fingerprint density at radius 3 is 2.53 bits per heavy atom. The van der Waals surface area contributed by atoms with Gasteiger partial charge in [-0.1, -0.05) is 24.3 Å². The van der Waals surface area contributed by atoms with Crippen LogP contribution in [0.2, 0.25) is 0 Å². The van der Waals surface area contributed by atoms with Crippen molar-refractivity contribution in [2.24, 2.45) is 0 Å². The number of likely N-dealkylation sites (tertiary alicyclic amines) is 1. The van der Waals surface area contributed by atoms with E-state index in [1.165, 1.54) is 6.20 Å². The van der Waals surface area contributed by atoms with E-state index in [4.69, 9.17) is 0 Å². The molecule has 2 aromatic heterocycles. The van der Waals surface area contributed by atoms with Crippen LogP contribution in [0.1, 0.15) is 35.2 Å². The van der Waals surface area contributed by atoms with Crippen molar-refractivity contribution in [2.75, 3.05) is 6.54 Å². The molecule has 1 saturated heterocycles. The van der Waals surface area contributed by atoms with Gasteiger partial charge in [0, 0.05) is 6.54 Å². The lowest BCUT2D eigenvalue weighted by Gasteiger charge is -2.26. The van der Waals surface area contributed by atoms with Gasteiger partial charge < -0.3 is 4.90 Å². The van der Waals surface area contributed by atoms with Crippen molar-refractivity contribution in [3.05, 3.63) is 76.6 Å². The number of benzene rings is 2. The van der Waals surface area contributed by atoms with Crippen LogP contribution in [0.4, 0.5) is 8.78 Å². The molecule has 3 heterocycles. The topological polar surface area (TPSA) is 81.0 Å². The number of nitrogens with zero attached hydrogens (tertiary/aromatic N) is 5. The van der Waals surface area contributed by atoms with Crippen LogP contribution in [0, 0.1) is 0 Å². The molecule has 1 fully saturated rings. The molecule has 1 unspecified atom stereocenters. The van der Waals surface area contributed by atoms with Crippen LogP contribution >= 0.6 is 0 Å². The highest BCUT2D eigenvalue weighted by Crippen LogP contribution is 2.32. The van der Waals surface area contributed by atoms with Crippen LogP contribution in [-0.4, -0.2) is 43.3 Å². The highest BCUT2D eigenvalue weighted by atomic mass is 19.3. The molecule has 0 radical (unpaired) electrons. The fraction of sp³-hybridized carbons (Fsp3) is 0.261. The van der Waals surface area contributed by atoms with Crippen molar-refractivity contribution < 1.29 is 13.6 Å². The maximum atomic E-state index is 13.4. The van der Waals surface area contributed by atoms with Crippen molar-refractivity contribution in [3.63, 3.8) is 0 Å². The zero-order chi connectivity index (χ0) is 22.2. The first-order valence-corrected chi connectivity index (χ1v) is 10.3. The second kappa shape index (κ2) is 8.07. The molecule has 0 N–H and O–H groups in total. The van der Waals surface area contributed by atoms with E-state index in [0.29, 0.717) is 35.9 Å². The zero-order valence-electron chi connectivity index (χ0n) is 17.0. The Morgan fingerprint density at radius 1 is 1.03 bits per heavy atom. The summed E-state index contributed by atoms with van der Waals surface area (Å²) in [4.78, 5) is 41.1. The largest absolute Gasteiger partial charge is 0.327 e. The molecule has 0 saturated carbocycles. The predicted octanol–water partition coefficient (Wildman–Crippen LogP) is 3.58. The zero-order valence-corrected chi connectivity index (χ0v) is 17.0. The van der Waals surface area contributed by atoms with Gasteiger partial charge in [-0.25, -0.2) is 18.7 Å². The number of amides is 1. The number of carbonyl (C=O) groups is 1. The molecule has 1 atom stereocenters. The highest BCUT2D eigenvalue weighted by Gasteiger charge is 2.35. The fourth-order valence-electron chi connectivity index (χ4n) is 4.24. The van der Waals surface area contributed by atoms with Gasteiger partial charge in [-0.3, -0.25) is 19.1 Å². The Kier molecular flexibility index (Phi) is 5.08. The quantitative estimate of drug-likeness (QED) is 0.490. The summed E-state index contributed by atoms with van der Waals surface area (Å²) in [6, 6.07) is 13.3. The molecule has 0 aliphatic carbocycles. The molecule has 0 bridgehead atoms. The van der Waals surface area contributed by atoms with Crippen molar-refractivity contribution >= 4 is 27.8 Å². The number of halogens is 2. The molecule has 162 valence electrons. The summed E-state index contributed by atoms with van der Waals surface area (Å²) in [7, 11) is 0.